The largest absolute Gasteiger partial charge is 0.462 e. The van der Waals surface area contributed by atoms with Crippen LogP contribution in [-0.2, 0) is 19.0 Å². The van der Waals surface area contributed by atoms with Gasteiger partial charge in [-0.05, 0) is 32.1 Å². The molecular weight excluding hydrogens is 256 g/mol. The van der Waals surface area contributed by atoms with Crippen molar-refractivity contribution in [3.05, 3.63) is 0 Å². The highest BCUT2D eigenvalue weighted by molar-refractivity contribution is 5.69. The van der Waals surface area contributed by atoms with E-state index in [2.05, 4.69) is 13.8 Å². The number of carbonyl (C=O) groups excluding carboxylic acids is 1. The van der Waals surface area contributed by atoms with Gasteiger partial charge in [-0.15, -0.1) is 0 Å². The minimum absolute atomic E-state index is 0.0221. The second kappa shape index (κ2) is 6.90. The Labute approximate surface area is 122 Å². The van der Waals surface area contributed by atoms with Crippen LogP contribution < -0.4 is 0 Å². The minimum Gasteiger partial charge on any atom is -0.462 e. The molecule has 0 amide bonds. The van der Waals surface area contributed by atoms with Crippen LogP contribution in [0.5, 0.6) is 0 Å². The molecule has 2 fully saturated rings. The van der Waals surface area contributed by atoms with Crippen molar-refractivity contribution >= 4 is 5.97 Å². The van der Waals surface area contributed by atoms with Crippen LogP contribution in [0.15, 0.2) is 0 Å². The Kier molecular flexibility index (Phi) is 5.44. The van der Waals surface area contributed by atoms with E-state index in [1.165, 1.54) is 0 Å². The van der Waals surface area contributed by atoms with Crippen molar-refractivity contribution < 1.29 is 19.0 Å². The molecule has 2 aliphatic rings. The van der Waals surface area contributed by atoms with Crippen molar-refractivity contribution in [1.29, 1.82) is 0 Å². The summed E-state index contributed by atoms with van der Waals surface area (Å²) in [6.07, 6.45) is 6.81. The highest BCUT2D eigenvalue weighted by Crippen LogP contribution is 2.50. The van der Waals surface area contributed by atoms with Crippen LogP contribution in [0.4, 0.5) is 0 Å². The molecule has 20 heavy (non-hydrogen) atoms. The van der Waals surface area contributed by atoms with Crippen LogP contribution in [0.3, 0.4) is 0 Å². The number of esters is 1. The smallest absolute Gasteiger partial charge is 0.306 e. The first-order chi connectivity index (χ1) is 9.66. The van der Waals surface area contributed by atoms with Gasteiger partial charge >= 0.3 is 5.97 Å². The van der Waals surface area contributed by atoms with E-state index in [1.54, 1.807) is 7.11 Å². The molecule has 0 radical (unpaired) electrons. The summed E-state index contributed by atoms with van der Waals surface area (Å²) in [5.41, 5.74) is 0.0221. The molecule has 0 spiro atoms. The third-order valence-corrected chi connectivity index (χ3v) is 5.28. The lowest BCUT2D eigenvalue weighted by atomic mass is 9.60. The average molecular weight is 284 g/mol. The molecule has 4 nitrogen and oxygen atoms in total. The number of hydrogen-bond acceptors (Lipinski definition) is 4. The van der Waals surface area contributed by atoms with Gasteiger partial charge in [-0.1, -0.05) is 13.8 Å². The van der Waals surface area contributed by atoms with Gasteiger partial charge in [0.05, 0.1) is 12.2 Å². The fraction of sp³-hybridized carbons (Fsp3) is 0.938. The zero-order valence-corrected chi connectivity index (χ0v) is 13.0. The van der Waals surface area contributed by atoms with Gasteiger partial charge in [-0.25, -0.2) is 0 Å². The van der Waals surface area contributed by atoms with E-state index in [4.69, 9.17) is 14.2 Å². The molecule has 0 N–H and O–H groups in total. The average Bonchev–Trinajstić information content (AvgIpc) is 2.95. The van der Waals surface area contributed by atoms with E-state index in [0.29, 0.717) is 6.42 Å². The summed E-state index contributed by atoms with van der Waals surface area (Å²) >= 11 is 0. The molecule has 0 bridgehead atoms. The molecule has 0 unspecified atom stereocenters. The second-order valence-corrected chi connectivity index (χ2v) is 6.05. The summed E-state index contributed by atoms with van der Waals surface area (Å²) in [5.74, 6) is -0.0775. The van der Waals surface area contributed by atoms with Crippen molar-refractivity contribution in [3.63, 3.8) is 0 Å². The normalized spacial score (nSPS) is 31.9. The number of carbonyl (C=O) groups is 1. The topological polar surface area (TPSA) is 44.8 Å². The van der Waals surface area contributed by atoms with Gasteiger partial charge in [-0.3, -0.25) is 4.79 Å². The predicted octanol–water partition coefficient (Wildman–Crippen LogP) is 3.08. The predicted molar refractivity (Wildman–Crippen MR) is 76.5 cm³/mol. The highest BCUT2D eigenvalue weighted by Gasteiger charge is 2.55. The van der Waals surface area contributed by atoms with Gasteiger partial charge in [0.15, 0.2) is 0 Å². The maximum absolute atomic E-state index is 12.0. The molecule has 116 valence electrons. The molecule has 1 saturated carbocycles. The molecule has 1 aliphatic carbocycles. The van der Waals surface area contributed by atoms with Crippen LogP contribution in [0, 0.1) is 5.41 Å². The van der Waals surface area contributed by atoms with Gasteiger partial charge < -0.3 is 14.2 Å². The van der Waals surface area contributed by atoms with E-state index >= 15 is 0 Å². The SMILES string of the molecule is CCC1(CC)[C@H](OC)C[C@H]1OC(=O)CC[C@@H]1CCCO1. The molecular formula is C16H28O4. The zero-order valence-electron chi connectivity index (χ0n) is 13.0. The van der Waals surface area contributed by atoms with E-state index in [0.717, 1.165) is 45.1 Å². The summed E-state index contributed by atoms with van der Waals surface area (Å²) in [4.78, 5) is 12.0. The molecule has 4 heteroatoms. The van der Waals surface area contributed by atoms with Gasteiger partial charge in [-0.2, -0.15) is 0 Å². The molecule has 2 rings (SSSR count). The first-order valence-electron chi connectivity index (χ1n) is 8.00. The highest BCUT2D eigenvalue weighted by atomic mass is 16.6. The molecule has 1 aliphatic heterocycles. The van der Waals surface area contributed by atoms with Gasteiger partial charge in [0.2, 0.25) is 0 Å². The summed E-state index contributed by atoms with van der Waals surface area (Å²) in [6.45, 7) is 5.15. The molecule has 0 aromatic carbocycles. The van der Waals surface area contributed by atoms with Gasteiger partial charge in [0, 0.05) is 32.0 Å². The molecule has 1 heterocycles. The zero-order chi connectivity index (χ0) is 14.6. The van der Waals surface area contributed by atoms with Crippen molar-refractivity contribution in [2.45, 2.75) is 77.1 Å². The maximum atomic E-state index is 12.0. The van der Waals surface area contributed by atoms with Crippen LogP contribution in [0.25, 0.3) is 0 Å². The summed E-state index contributed by atoms with van der Waals surface area (Å²) < 4.78 is 16.8. The Morgan fingerprint density at radius 3 is 2.60 bits per heavy atom. The lowest BCUT2D eigenvalue weighted by Gasteiger charge is -2.53. The Balaban J connectivity index is 1.78. The van der Waals surface area contributed by atoms with Crippen LogP contribution in [0.1, 0.15) is 58.8 Å². The molecule has 3 atom stereocenters. The Morgan fingerprint density at radius 1 is 1.30 bits per heavy atom. The fourth-order valence-corrected chi connectivity index (χ4v) is 3.74. The Hall–Kier alpha value is -0.610. The number of ether oxygens (including phenoxy) is 3. The quantitative estimate of drug-likeness (QED) is 0.674. The maximum Gasteiger partial charge on any atom is 0.306 e. The van der Waals surface area contributed by atoms with E-state index in [1.807, 2.05) is 0 Å². The molecule has 0 aromatic heterocycles. The molecule has 0 aromatic rings. The number of rotatable bonds is 7. The molecule has 1 saturated heterocycles. The third-order valence-electron chi connectivity index (χ3n) is 5.28. The van der Waals surface area contributed by atoms with Crippen LogP contribution in [0.2, 0.25) is 0 Å². The summed E-state index contributed by atoms with van der Waals surface area (Å²) in [5, 5.41) is 0. The number of methoxy groups -OCH3 is 1. The summed E-state index contributed by atoms with van der Waals surface area (Å²) in [7, 11) is 1.75. The third kappa shape index (κ3) is 3.01. The van der Waals surface area contributed by atoms with Gasteiger partial charge in [0.1, 0.15) is 6.10 Å². The van der Waals surface area contributed by atoms with Gasteiger partial charge in [0.25, 0.3) is 0 Å². The lowest BCUT2D eigenvalue weighted by molar-refractivity contribution is -0.210. The lowest BCUT2D eigenvalue weighted by Crippen LogP contribution is -2.58. The van der Waals surface area contributed by atoms with Crippen molar-refractivity contribution in [2.24, 2.45) is 5.41 Å². The van der Waals surface area contributed by atoms with Crippen molar-refractivity contribution in [2.75, 3.05) is 13.7 Å². The monoisotopic (exact) mass is 284 g/mol. The van der Waals surface area contributed by atoms with Crippen LogP contribution in [-0.4, -0.2) is 38.0 Å². The van der Waals surface area contributed by atoms with E-state index in [-0.39, 0.29) is 29.7 Å². The van der Waals surface area contributed by atoms with Crippen LogP contribution >= 0.6 is 0 Å². The first-order valence-corrected chi connectivity index (χ1v) is 8.00. The van der Waals surface area contributed by atoms with Crippen molar-refractivity contribution in [1.82, 2.24) is 0 Å². The minimum atomic E-state index is -0.0775. The van der Waals surface area contributed by atoms with Crippen molar-refractivity contribution in [3.8, 4) is 0 Å². The Bertz CT molecular complexity index is 318. The standard InChI is InChI=1S/C16H28O4/c1-4-16(5-2)13(18-3)11-14(16)20-15(17)9-8-12-7-6-10-19-12/h12-14H,4-11H2,1-3H3/t12-,13+,14+/m0/s1. The van der Waals surface area contributed by atoms with E-state index in [9.17, 15) is 4.79 Å². The fourth-order valence-electron chi connectivity index (χ4n) is 3.74. The number of hydrogen-bond donors (Lipinski definition) is 0. The summed E-state index contributed by atoms with van der Waals surface area (Å²) in [6, 6.07) is 0. The Morgan fingerprint density at radius 2 is 2.05 bits per heavy atom. The first kappa shape index (κ1) is 15.8. The van der Waals surface area contributed by atoms with E-state index < -0.39 is 0 Å². The second-order valence-electron chi connectivity index (χ2n) is 6.05.